The third kappa shape index (κ3) is 7.05. The second kappa shape index (κ2) is 14.1. The SMILES string of the molecule is CN=C1C(Oc2ccc(/C=C(\C)C(=O)NC3[C@@H](O)[C@@H]4OCO[C@@H]4[C@H](O)[C@H]3O)cc2O)O[C@H](/C(C)=C/COc2ccccc2)[C@H]1O. The van der Waals surface area contributed by atoms with E-state index in [1.165, 1.54) is 32.2 Å². The Morgan fingerprint density at radius 2 is 1.73 bits per heavy atom. The summed E-state index contributed by atoms with van der Waals surface area (Å²) < 4.78 is 28.1. The molecule has 5 rings (SSSR count). The predicted molar refractivity (Wildman–Crippen MR) is 161 cm³/mol. The van der Waals surface area contributed by atoms with E-state index in [0.29, 0.717) is 11.3 Å². The van der Waals surface area contributed by atoms with Gasteiger partial charge in [0.05, 0.1) is 6.04 Å². The number of aliphatic imine (C=N–C) groups is 1. The second-order valence-corrected chi connectivity index (χ2v) is 11.1. The number of carbonyl (C=O) groups excluding carboxylic acids is 1. The Morgan fingerprint density at radius 3 is 2.42 bits per heavy atom. The first-order valence-electron chi connectivity index (χ1n) is 14.5. The van der Waals surface area contributed by atoms with Crippen LogP contribution >= 0.6 is 0 Å². The van der Waals surface area contributed by atoms with Gasteiger partial charge in [0.2, 0.25) is 12.2 Å². The number of ether oxygens (including phenoxy) is 5. The number of aliphatic hydroxyl groups is 4. The Hall–Kier alpha value is -3.82. The van der Waals surface area contributed by atoms with Gasteiger partial charge < -0.3 is 54.5 Å². The van der Waals surface area contributed by atoms with Crippen LogP contribution in [0.15, 0.2) is 70.7 Å². The van der Waals surface area contributed by atoms with Crippen molar-refractivity contribution in [2.75, 3.05) is 20.4 Å². The minimum absolute atomic E-state index is 0.0677. The van der Waals surface area contributed by atoms with Crippen LogP contribution in [0.25, 0.3) is 6.08 Å². The van der Waals surface area contributed by atoms with Gasteiger partial charge in [-0.3, -0.25) is 9.79 Å². The molecule has 2 aromatic carbocycles. The van der Waals surface area contributed by atoms with E-state index in [2.05, 4.69) is 10.3 Å². The van der Waals surface area contributed by atoms with Crippen LogP contribution in [0.5, 0.6) is 17.2 Å². The number of phenolic OH excluding ortho intramolecular Hbond substituents is 1. The molecule has 13 heteroatoms. The number of amides is 1. The van der Waals surface area contributed by atoms with Crippen LogP contribution in [0.1, 0.15) is 19.4 Å². The number of aromatic hydroxyl groups is 1. The van der Waals surface area contributed by atoms with Crippen LogP contribution in [0.3, 0.4) is 0 Å². The van der Waals surface area contributed by atoms with Crippen molar-refractivity contribution in [3.05, 3.63) is 71.3 Å². The number of hydrogen-bond donors (Lipinski definition) is 6. The number of rotatable bonds is 9. The molecule has 0 aromatic heterocycles. The summed E-state index contributed by atoms with van der Waals surface area (Å²) in [4.78, 5) is 17.1. The summed E-state index contributed by atoms with van der Waals surface area (Å²) in [7, 11) is 1.51. The Balaban J connectivity index is 1.21. The van der Waals surface area contributed by atoms with Gasteiger partial charge in [-0.15, -0.1) is 0 Å². The average Bonchev–Trinajstić information content (AvgIpc) is 3.64. The van der Waals surface area contributed by atoms with Crippen LogP contribution < -0.4 is 14.8 Å². The molecule has 242 valence electrons. The van der Waals surface area contributed by atoms with Gasteiger partial charge in [0, 0.05) is 12.6 Å². The Morgan fingerprint density at radius 1 is 1.02 bits per heavy atom. The number of benzene rings is 2. The van der Waals surface area contributed by atoms with Crippen molar-refractivity contribution in [2.24, 2.45) is 4.99 Å². The van der Waals surface area contributed by atoms with Crippen LogP contribution in [0, 0.1) is 0 Å². The molecule has 13 nitrogen and oxygen atoms in total. The lowest BCUT2D eigenvalue weighted by Crippen LogP contribution is -2.67. The summed E-state index contributed by atoms with van der Waals surface area (Å²) in [6.45, 7) is 3.46. The van der Waals surface area contributed by atoms with Crippen LogP contribution in [-0.4, -0.2) is 113 Å². The monoisotopic (exact) mass is 626 g/mol. The number of phenols is 1. The van der Waals surface area contributed by atoms with E-state index in [0.717, 1.165) is 5.57 Å². The van der Waals surface area contributed by atoms with Crippen molar-refractivity contribution < 1.29 is 54.0 Å². The maximum absolute atomic E-state index is 12.9. The largest absolute Gasteiger partial charge is 0.504 e. The van der Waals surface area contributed by atoms with E-state index in [1.807, 2.05) is 30.3 Å². The van der Waals surface area contributed by atoms with E-state index in [4.69, 9.17) is 23.7 Å². The Bertz CT molecular complexity index is 1450. The fourth-order valence-corrected chi connectivity index (χ4v) is 5.53. The van der Waals surface area contributed by atoms with Crippen molar-refractivity contribution in [2.45, 2.75) is 68.9 Å². The normalized spacial score (nSPS) is 32.8. The third-order valence-electron chi connectivity index (χ3n) is 8.07. The molecular formula is C32H38N2O11. The van der Waals surface area contributed by atoms with Gasteiger partial charge in [-0.05, 0) is 61.4 Å². The molecule has 1 saturated carbocycles. The zero-order valence-electron chi connectivity index (χ0n) is 25.0. The summed E-state index contributed by atoms with van der Waals surface area (Å²) >= 11 is 0. The third-order valence-corrected chi connectivity index (χ3v) is 8.07. The molecule has 1 amide bonds. The number of aliphatic hydroxyl groups excluding tert-OH is 4. The second-order valence-electron chi connectivity index (χ2n) is 11.1. The molecule has 2 unspecified atom stereocenters. The molecule has 1 aliphatic carbocycles. The molecule has 0 radical (unpaired) electrons. The molecule has 3 aliphatic rings. The first-order chi connectivity index (χ1) is 21.6. The van der Waals surface area contributed by atoms with E-state index >= 15 is 0 Å². The summed E-state index contributed by atoms with van der Waals surface area (Å²) in [5.74, 6) is -0.0742. The molecule has 2 aromatic rings. The zero-order chi connectivity index (χ0) is 32.2. The van der Waals surface area contributed by atoms with Gasteiger partial charge >= 0.3 is 0 Å². The molecule has 45 heavy (non-hydrogen) atoms. The molecule has 9 atom stereocenters. The molecule has 2 aliphatic heterocycles. The fraction of sp³-hybridized carbons (Fsp3) is 0.438. The lowest BCUT2D eigenvalue weighted by atomic mass is 9.83. The first kappa shape index (κ1) is 32.6. The van der Waals surface area contributed by atoms with Gasteiger partial charge in [0.25, 0.3) is 0 Å². The highest BCUT2D eigenvalue weighted by atomic mass is 16.7. The molecule has 3 fully saturated rings. The maximum Gasteiger partial charge on any atom is 0.247 e. The smallest absolute Gasteiger partial charge is 0.247 e. The quantitative estimate of drug-likeness (QED) is 0.170. The fourth-order valence-electron chi connectivity index (χ4n) is 5.53. The molecule has 2 saturated heterocycles. The van der Waals surface area contributed by atoms with E-state index in [1.54, 1.807) is 19.1 Å². The number of nitrogens with zero attached hydrogens (tertiary/aromatic N) is 1. The highest BCUT2D eigenvalue weighted by Gasteiger charge is 2.53. The number of para-hydroxylation sites is 1. The van der Waals surface area contributed by atoms with E-state index < -0.39 is 61.0 Å². The highest BCUT2D eigenvalue weighted by molar-refractivity contribution is 5.97. The minimum Gasteiger partial charge on any atom is -0.504 e. The molecule has 6 N–H and O–H groups in total. The zero-order valence-corrected chi connectivity index (χ0v) is 25.0. The summed E-state index contributed by atoms with van der Waals surface area (Å²) in [6, 6.07) is 12.6. The molecule has 0 spiro atoms. The van der Waals surface area contributed by atoms with Crippen LogP contribution in [0.2, 0.25) is 0 Å². The Kier molecular flexibility index (Phi) is 10.2. The number of fused-ring (bicyclic) bond motifs is 1. The standard InChI is InChI=1S/C32H38N2O11/c1-16(11-12-41-19-7-5-4-6-8-19)28-26(38)23(33-3)32(45-28)44-21-10-9-18(14-20(21)35)13-17(2)31(40)34-22-24(36)27(39)30-29(25(22)37)42-15-43-30/h4-11,13-14,22,24-30,32,35-39H,12,15H2,1-3H3,(H,34,40)/b16-11+,17-13+,33-23?/t22?,24-,25+,26-,27+,28+,29-,30+,32?/m0/s1. The molecule has 2 heterocycles. The van der Waals surface area contributed by atoms with Gasteiger partial charge in [0.1, 0.15) is 67.6 Å². The van der Waals surface area contributed by atoms with E-state index in [-0.39, 0.29) is 36.2 Å². The summed E-state index contributed by atoms with van der Waals surface area (Å²) in [5, 5.41) is 55.6. The summed E-state index contributed by atoms with van der Waals surface area (Å²) in [5.41, 5.74) is 1.63. The molecular weight excluding hydrogens is 588 g/mol. The lowest BCUT2D eigenvalue weighted by molar-refractivity contribution is -0.155. The van der Waals surface area contributed by atoms with Crippen molar-refractivity contribution in [1.82, 2.24) is 5.32 Å². The van der Waals surface area contributed by atoms with Gasteiger partial charge in [0.15, 0.2) is 11.5 Å². The minimum atomic E-state index is -1.48. The number of carbonyl (C=O) groups is 1. The molecule has 0 bridgehead atoms. The topological polar surface area (TPSA) is 189 Å². The predicted octanol–water partition coefficient (Wildman–Crippen LogP) is 0.679. The highest BCUT2D eigenvalue weighted by Crippen LogP contribution is 2.33. The van der Waals surface area contributed by atoms with Crippen LogP contribution in [0.4, 0.5) is 0 Å². The first-order valence-corrected chi connectivity index (χ1v) is 14.5. The van der Waals surface area contributed by atoms with Gasteiger partial charge in [-0.25, -0.2) is 0 Å². The van der Waals surface area contributed by atoms with Crippen LogP contribution in [-0.2, 0) is 19.0 Å². The van der Waals surface area contributed by atoms with Crippen molar-refractivity contribution >= 4 is 17.7 Å². The maximum atomic E-state index is 12.9. The number of nitrogens with one attached hydrogen (secondary N) is 1. The lowest BCUT2D eigenvalue weighted by Gasteiger charge is -2.41. The van der Waals surface area contributed by atoms with Gasteiger partial charge in [-0.1, -0.05) is 24.3 Å². The number of hydrogen-bond acceptors (Lipinski definition) is 12. The van der Waals surface area contributed by atoms with Crippen molar-refractivity contribution in [1.29, 1.82) is 0 Å². The van der Waals surface area contributed by atoms with Crippen molar-refractivity contribution in [3.8, 4) is 17.2 Å². The van der Waals surface area contributed by atoms with Crippen molar-refractivity contribution in [3.63, 3.8) is 0 Å². The average molecular weight is 627 g/mol. The Labute approximate surface area is 260 Å². The van der Waals surface area contributed by atoms with E-state index in [9.17, 15) is 30.3 Å². The van der Waals surface area contributed by atoms with Gasteiger partial charge in [-0.2, -0.15) is 0 Å². The summed E-state index contributed by atoms with van der Waals surface area (Å²) in [6.07, 6.45) is -5.50.